The molecule has 1 aliphatic heterocycles. The Labute approximate surface area is 134 Å². The Morgan fingerprint density at radius 3 is 3.00 bits per heavy atom. The number of nitrogen functional groups attached to an aromatic ring is 1. The molecule has 3 N–H and O–H groups in total. The van der Waals surface area contributed by atoms with Gasteiger partial charge in [-0.3, -0.25) is 9.20 Å². The van der Waals surface area contributed by atoms with E-state index in [0.717, 1.165) is 19.4 Å². The second-order valence-electron chi connectivity index (χ2n) is 6.49. The lowest BCUT2D eigenvalue weighted by Gasteiger charge is -2.24. The van der Waals surface area contributed by atoms with Crippen molar-refractivity contribution in [2.24, 2.45) is 5.92 Å². The van der Waals surface area contributed by atoms with Crippen molar-refractivity contribution in [1.82, 2.24) is 24.5 Å². The van der Waals surface area contributed by atoms with Crippen molar-refractivity contribution < 1.29 is 4.79 Å². The van der Waals surface area contributed by atoms with Gasteiger partial charge in [-0.1, -0.05) is 12.8 Å². The first-order chi connectivity index (χ1) is 11.2. The number of fused-ring (bicyclic) bond motifs is 1. The molecule has 0 bridgehead atoms. The Balaban J connectivity index is 1.39. The zero-order valence-electron chi connectivity index (χ0n) is 13.0. The molecule has 4 rings (SSSR count). The molecule has 122 valence electrons. The number of carbonyl (C=O) groups is 1. The van der Waals surface area contributed by atoms with Crippen molar-refractivity contribution in [3.8, 4) is 0 Å². The molecular formula is C15H21N7O. The van der Waals surface area contributed by atoms with Gasteiger partial charge in [0.05, 0.1) is 0 Å². The van der Waals surface area contributed by atoms with Crippen molar-refractivity contribution >= 4 is 23.3 Å². The third-order valence-electron chi connectivity index (χ3n) is 4.90. The molecule has 0 aromatic carbocycles. The maximum Gasteiger partial charge on any atom is 0.223 e. The Morgan fingerprint density at radius 2 is 2.17 bits per heavy atom. The summed E-state index contributed by atoms with van der Waals surface area (Å²) >= 11 is 0. The summed E-state index contributed by atoms with van der Waals surface area (Å²) in [5.41, 5.74) is 6.54. The number of aromatic nitrogens is 4. The molecule has 8 nitrogen and oxygen atoms in total. The van der Waals surface area contributed by atoms with Gasteiger partial charge in [0, 0.05) is 37.5 Å². The highest BCUT2D eigenvalue weighted by Crippen LogP contribution is 2.29. The molecular weight excluding hydrogens is 294 g/mol. The SMILES string of the molecule is Nc1nc(NCC2CC(=O)N(C3CCCC3)C2)cc2nncn12. The molecule has 2 aliphatic rings. The van der Waals surface area contributed by atoms with E-state index in [1.165, 1.54) is 19.2 Å². The minimum absolute atomic E-state index is 0.295. The molecule has 1 unspecified atom stereocenters. The van der Waals surface area contributed by atoms with Crippen molar-refractivity contribution in [2.75, 3.05) is 24.1 Å². The number of carbonyl (C=O) groups excluding carboxylic acids is 1. The van der Waals surface area contributed by atoms with Gasteiger partial charge in [-0.2, -0.15) is 4.98 Å². The zero-order valence-corrected chi connectivity index (χ0v) is 13.0. The van der Waals surface area contributed by atoms with Crippen molar-refractivity contribution in [3.63, 3.8) is 0 Å². The topological polar surface area (TPSA) is 101 Å². The first-order valence-electron chi connectivity index (χ1n) is 8.20. The fourth-order valence-corrected chi connectivity index (χ4v) is 3.70. The van der Waals surface area contributed by atoms with Crippen LogP contribution in [0.2, 0.25) is 0 Å². The van der Waals surface area contributed by atoms with E-state index in [4.69, 9.17) is 5.73 Å². The molecule has 1 saturated heterocycles. The van der Waals surface area contributed by atoms with Gasteiger partial charge < -0.3 is 16.0 Å². The van der Waals surface area contributed by atoms with Crippen LogP contribution in [-0.2, 0) is 4.79 Å². The molecule has 3 heterocycles. The fourth-order valence-electron chi connectivity index (χ4n) is 3.70. The quantitative estimate of drug-likeness (QED) is 0.869. The first kappa shape index (κ1) is 14.2. The molecule has 2 aromatic rings. The van der Waals surface area contributed by atoms with Crippen LogP contribution in [0, 0.1) is 5.92 Å². The predicted molar refractivity (Wildman–Crippen MR) is 85.8 cm³/mol. The smallest absolute Gasteiger partial charge is 0.223 e. The number of amides is 1. The van der Waals surface area contributed by atoms with Gasteiger partial charge in [-0.05, 0) is 12.8 Å². The van der Waals surface area contributed by atoms with Crippen LogP contribution in [-0.4, -0.2) is 49.5 Å². The number of nitrogens with one attached hydrogen (secondary N) is 1. The van der Waals surface area contributed by atoms with E-state index in [2.05, 4.69) is 25.4 Å². The van der Waals surface area contributed by atoms with Crippen molar-refractivity contribution in [2.45, 2.75) is 38.1 Å². The highest BCUT2D eigenvalue weighted by molar-refractivity contribution is 5.79. The number of nitrogens with zero attached hydrogens (tertiary/aromatic N) is 5. The van der Waals surface area contributed by atoms with Gasteiger partial charge in [0.2, 0.25) is 11.9 Å². The highest BCUT2D eigenvalue weighted by atomic mass is 16.2. The van der Waals surface area contributed by atoms with Crippen LogP contribution in [0.4, 0.5) is 11.8 Å². The number of likely N-dealkylation sites (tertiary alicyclic amines) is 1. The Morgan fingerprint density at radius 1 is 1.35 bits per heavy atom. The average Bonchev–Trinajstić information content (AvgIpc) is 3.25. The van der Waals surface area contributed by atoms with Gasteiger partial charge in [0.25, 0.3) is 0 Å². The Bertz CT molecular complexity index is 722. The molecule has 8 heteroatoms. The molecule has 1 atom stereocenters. The fraction of sp³-hybridized carbons (Fsp3) is 0.600. The Kier molecular flexibility index (Phi) is 3.51. The van der Waals surface area contributed by atoms with Crippen LogP contribution in [0.15, 0.2) is 12.4 Å². The standard InChI is InChI=1S/C15H21N7O/c16-15-19-12(6-13-20-18-9-22(13)15)17-7-10-5-14(23)21(8-10)11-3-1-2-4-11/h6,9-11,17H,1-5,7-8H2,(H2,16,19). The summed E-state index contributed by atoms with van der Waals surface area (Å²) in [6.07, 6.45) is 6.97. The van der Waals surface area contributed by atoms with Crippen LogP contribution in [0.5, 0.6) is 0 Å². The normalized spacial score (nSPS) is 22.3. The summed E-state index contributed by atoms with van der Waals surface area (Å²) in [6, 6.07) is 2.28. The van der Waals surface area contributed by atoms with Crippen LogP contribution in [0.25, 0.3) is 5.65 Å². The van der Waals surface area contributed by atoms with E-state index in [9.17, 15) is 4.79 Å². The lowest BCUT2D eigenvalue weighted by Crippen LogP contribution is -2.34. The molecule has 1 amide bonds. The van der Waals surface area contributed by atoms with Gasteiger partial charge in [-0.25, -0.2) is 0 Å². The zero-order chi connectivity index (χ0) is 15.8. The molecule has 1 aliphatic carbocycles. The number of hydrogen-bond donors (Lipinski definition) is 2. The molecule has 23 heavy (non-hydrogen) atoms. The summed E-state index contributed by atoms with van der Waals surface area (Å²) in [6.45, 7) is 1.56. The van der Waals surface area contributed by atoms with Crippen LogP contribution in [0.3, 0.4) is 0 Å². The summed E-state index contributed by atoms with van der Waals surface area (Å²) in [7, 11) is 0. The Hall–Kier alpha value is -2.38. The monoisotopic (exact) mass is 315 g/mol. The largest absolute Gasteiger partial charge is 0.369 e. The van der Waals surface area contributed by atoms with Gasteiger partial charge in [-0.15, -0.1) is 10.2 Å². The van der Waals surface area contributed by atoms with Crippen molar-refractivity contribution in [1.29, 1.82) is 0 Å². The lowest BCUT2D eigenvalue weighted by molar-refractivity contribution is -0.129. The second-order valence-corrected chi connectivity index (χ2v) is 6.49. The van der Waals surface area contributed by atoms with Gasteiger partial charge >= 0.3 is 0 Å². The van der Waals surface area contributed by atoms with E-state index in [-0.39, 0.29) is 0 Å². The molecule has 2 fully saturated rings. The van der Waals surface area contributed by atoms with E-state index >= 15 is 0 Å². The predicted octanol–water partition coefficient (Wildman–Crippen LogP) is 0.909. The molecule has 1 saturated carbocycles. The minimum Gasteiger partial charge on any atom is -0.369 e. The summed E-state index contributed by atoms with van der Waals surface area (Å²) < 4.78 is 1.63. The first-order valence-corrected chi connectivity index (χ1v) is 8.20. The third-order valence-corrected chi connectivity index (χ3v) is 4.90. The van der Waals surface area contributed by atoms with Crippen LogP contribution >= 0.6 is 0 Å². The lowest BCUT2D eigenvalue weighted by atomic mass is 10.1. The molecule has 2 aromatic heterocycles. The second kappa shape index (κ2) is 5.68. The number of hydrogen-bond acceptors (Lipinski definition) is 6. The number of rotatable bonds is 4. The van der Waals surface area contributed by atoms with Crippen LogP contribution in [0.1, 0.15) is 32.1 Å². The van der Waals surface area contributed by atoms with Crippen LogP contribution < -0.4 is 11.1 Å². The van der Waals surface area contributed by atoms with E-state index in [0.29, 0.717) is 48.2 Å². The molecule has 0 radical (unpaired) electrons. The van der Waals surface area contributed by atoms with E-state index in [1.54, 1.807) is 4.40 Å². The molecule has 0 spiro atoms. The number of nitrogens with two attached hydrogens (primary N) is 1. The maximum atomic E-state index is 12.2. The summed E-state index contributed by atoms with van der Waals surface area (Å²) in [5, 5.41) is 11.1. The average molecular weight is 315 g/mol. The maximum absolute atomic E-state index is 12.2. The van der Waals surface area contributed by atoms with Crippen molar-refractivity contribution in [3.05, 3.63) is 12.4 Å². The third kappa shape index (κ3) is 2.69. The van der Waals surface area contributed by atoms with E-state index in [1.807, 2.05) is 6.07 Å². The summed E-state index contributed by atoms with van der Waals surface area (Å²) in [4.78, 5) is 18.6. The highest BCUT2D eigenvalue weighted by Gasteiger charge is 2.35. The summed E-state index contributed by atoms with van der Waals surface area (Å²) in [5.74, 6) is 1.64. The van der Waals surface area contributed by atoms with Gasteiger partial charge in [0.15, 0.2) is 5.65 Å². The number of anilines is 2. The minimum atomic E-state index is 0.295. The van der Waals surface area contributed by atoms with E-state index < -0.39 is 0 Å². The van der Waals surface area contributed by atoms with Gasteiger partial charge in [0.1, 0.15) is 12.1 Å².